The van der Waals surface area contributed by atoms with Crippen LogP contribution in [0.15, 0.2) is 36.4 Å². The maximum atomic E-state index is 11.9. The van der Waals surface area contributed by atoms with Crippen molar-refractivity contribution in [2.24, 2.45) is 0 Å². The second-order valence-corrected chi connectivity index (χ2v) is 4.86. The van der Waals surface area contributed by atoms with Crippen molar-refractivity contribution in [3.63, 3.8) is 0 Å². The summed E-state index contributed by atoms with van der Waals surface area (Å²) in [5.41, 5.74) is 0.789. The predicted molar refractivity (Wildman–Crippen MR) is 74.8 cm³/mol. The molecule has 2 aromatic rings. The van der Waals surface area contributed by atoms with Crippen LogP contribution in [-0.2, 0) is 11.3 Å². The quantitative estimate of drug-likeness (QED) is 0.883. The first-order valence-electron chi connectivity index (χ1n) is 6.17. The Morgan fingerprint density at radius 3 is 2.86 bits per heavy atom. The summed E-state index contributed by atoms with van der Waals surface area (Å²) in [6, 6.07) is 9.47. The summed E-state index contributed by atoms with van der Waals surface area (Å²) < 4.78 is 15.6. The van der Waals surface area contributed by atoms with Crippen molar-refractivity contribution in [1.82, 2.24) is 0 Å². The molecule has 0 saturated heterocycles. The highest BCUT2D eigenvalue weighted by molar-refractivity contribution is 6.31. The van der Waals surface area contributed by atoms with Gasteiger partial charge in [-0.05, 0) is 35.9 Å². The fraction of sp³-hybridized carbons (Fsp3) is 0.133. The molecule has 6 heteroatoms. The molecule has 0 fully saturated rings. The number of phenolic OH excluding ortho intramolecular Hbond substituents is 1. The molecule has 1 aliphatic rings. The number of esters is 1. The van der Waals surface area contributed by atoms with E-state index in [1.54, 1.807) is 18.2 Å². The van der Waals surface area contributed by atoms with Gasteiger partial charge in [0.2, 0.25) is 6.79 Å². The summed E-state index contributed by atoms with van der Waals surface area (Å²) in [5, 5.41) is 9.98. The number of aromatic hydroxyl groups is 1. The number of rotatable bonds is 3. The van der Waals surface area contributed by atoms with E-state index in [9.17, 15) is 9.90 Å². The second-order valence-electron chi connectivity index (χ2n) is 4.43. The summed E-state index contributed by atoms with van der Waals surface area (Å²) in [6.07, 6.45) is 0. The van der Waals surface area contributed by atoms with E-state index in [0.29, 0.717) is 16.5 Å². The molecule has 1 heterocycles. The SMILES string of the molecule is O=C(OCc1ccc2c(c1)OCO2)c1cc(Cl)ccc1O. The molecular formula is C15H11ClO5. The molecule has 3 rings (SSSR count). The van der Waals surface area contributed by atoms with Gasteiger partial charge in [0, 0.05) is 5.02 Å². The van der Waals surface area contributed by atoms with Crippen molar-refractivity contribution in [2.45, 2.75) is 6.61 Å². The Hall–Kier alpha value is -2.40. The lowest BCUT2D eigenvalue weighted by molar-refractivity contribution is 0.0469. The third-order valence-corrected chi connectivity index (χ3v) is 3.22. The molecule has 108 valence electrons. The zero-order valence-electron chi connectivity index (χ0n) is 10.8. The zero-order valence-corrected chi connectivity index (χ0v) is 11.6. The minimum absolute atomic E-state index is 0.0308. The standard InChI is InChI=1S/C15H11ClO5/c16-10-2-3-12(17)11(6-10)15(18)19-7-9-1-4-13-14(5-9)21-8-20-13/h1-6,17H,7-8H2. The van der Waals surface area contributed by atoms with Crippen LogP contribution in [0.3, 0.4) is 0 Å². The van der Waals surface area contributed by atoms with Gasteiger partial charge in [-0.3, -0.25) is 0 Å². The molecule has 0 unspecified atom stereocenters. The Kier molecular flexibility index (Phi) is 3.58. The van der Waals surface area contributed by atoms with Crippen LogP contribution in [0.4, 0.5) is 0 Å². The van der Waals surface area contributed by atoms with Crippen LogP contribution < -0.4 is 9.47 Å². The van der Waals surface area contributed by atoms with Crippen molar-refractivity contribution in [2.75, 3.05) is 6.79 Å². The molecule has 0 atom stereocenters. The summed E-state index contributed by atoms with van der Waals surface area (Å²) in [4.78, 5) is 11.9. The van der Waals surface area contributed by atoms with Crippen molar-refractivity contribution in [1.29, 1.82) is 0 Å². The van der Waals surface area contributed by atoms with Crippen molar-refractivity contribution < 1.29 is 24.1 Å². The molecule has 1 aliphatic heterocycles. The maximum absolute atomic E-state index is 11.9. The van der Waals surface area contributed by atoms with E-state index in [1.165, 1.54) is 18.2 Å². The number of benzene rings is 2. The lowest BCUT2D eigenvalue weighted by atomic mass is 10.2. The lowest BCUT2D eigenvalue weighted by Gasteiger charge is -2.07. The molecule has 0 amide bonds. The molecule has 0 radical (unpaired) electrons. The van der Waals surface area contributed by atoms with Gasteiger partial charge < -0.3 is 19.3 Å². The summed E-state index contributed by atoms with van der Waals surface area (Å²) in [5.74, 6) is 0.467. The molecule has 5 nitrogen and oxygen atoms in total. The third-order valence-electron chi connectivity index (χ3n) is 2.99. The monoisotopic (exact) mass is 306 g/mol. The van der Waals surface area contributed by atoms with Gasteiger partial charge in [0.05, 0.1) is 0 Å². The number of halogens is 1. The van der Waals surface area contributed by atoms with Gasteiger partial charge in [0.15, 0.2) is 11.5 Å². The van der Waals surface area contributed by atoms with E-state index in [0.717, 1.165) is 5.56 Å². The number of hydrogen-bond acceptors (Lipinski definition) is 5. The Balaban J connectivity index is 1.70. The maximum Gasteiger partial charge on any atom is 0.342 e. The molecule has 0 aromatic heterocycles. The number of carbonyl (C=O) groups is 1. The van der Waals surface area contributed by atoms with E-state index in [2.05, 4.69) is 0 Å². The fourth-order valence-electron chi connectivity index (χ4n) is 1.93. The van der Waals surface area contributed by atoms with Crippen LogP contribution in [-0.4, -0.2) is 17.9 Å². The first kappa shape index (κ1) is 13.6. The van der Waals surface area contributed by atoms with Crippen molar-refractivity contribution in [3.8, 4) is 17.2 Å². The van der Waals surface area contributed by atoms with Crippen LogP contribution in [0.5, 0.6) is 17.2 Å². The predicted octanol–water partition coefficient (Wildman–Crippen LogP) is 3.13. The van der Waals surface area contributed by atoms with E-state index >= 15 is 0 Å². The van der Waals surface area contributed by atoms with Gasteiger partial charge in [-0.25, -0.2) is 4.79 Å². The summed E-state index contributed by atoms with van der Waals surface area (Å²) in [6.45, 7) is 0.246. The van der Waals surface area contributed by atoms with Gasteiger partial charge in [-0.15, -0.1) is 0 Å². The summed E-state index contributed by atoms with van der Waals surface area (Å²) in [7, 11) is 0. The minimum Gasteiger partial charge on any atom is -0.507 e. The number of ether oxygens (including phenoxy) is 3. The Labute approximate surface area is 125 Å². The van der Waals surface area contributed by atoms with E-state index < -0.39 is 5.97 Å². The summed E-state index contributed by atoms with van der Waals surface area (Å²) >= 11 is 5.79. The van der Waals surface area contributed by atoms with E-state index in [-0.39, 0.29) is 24.7 Å². The van der Waals surface area contributed by atoms with Gasteiger partial charge >= 0.3 is 5.97 Å². The number of hydrogen-bond donors (Lipinski definition) is 1. The van der Waals surface area contributed by atoms with Gasteiger partial charge in [0.1, 0.15) is 17.9 Å². The first-order chi connectivity index (χ1) is 10.1. The van der Waals surface area contributed by atoms with Gasteiger partial charge in [-0.1, -0.05) is 17.7 Å². The lowest BCUT2D eigenvalue weighted by Crippen LogP contribution is -2.05. The minimum atomic E-state index is -0.646. The molecule has 0 aliphatic carbocycles. The molecule has 0 saturated carbocycles. The zero-order chi connectivity index (χ0) is 14.8. The van der Waals surface area contributed by atoms with Crippen LogP contribution >= 0.6 is 11.6 Å². The molecule has 2 aromatic carbocycles. The highest BCUT2D eigenvalue weighted by Crippen LogP contribution is 2.32. The van der Waals surface area contributed by atoms with Gasteiger partial charge in [-0.2, -0.15) is 0 Å². The molecule has 0 bridgehead atoms. The van der Waals surface area contributed by atoms with Gasteiger partial charge in [0.25, 0.3) is 0 Å². The van der Waals surface area contributed by atoms with E-state index in [4.69, 9.17) is 25.8 Å². The average Bonchev–Trinajstić information content (AvgIpc) is 2.94. The van der Waals surface area contributed by atoms with Crippen LogP contribution in [0, 0.1) is 0 Å². The Morgan fingerprint density at radius 1 is 1.19 bits per heavy atom. The molecule has 21 heavy (non-hydrogen) atoms. The Bertz CT molecular complexity index is 698. The third kappa shape index (κ3) is 2.87. The first-order valence-corrected chi connectivity index (χ1v) is 6.55. The Morgan fingerprint density at radius 2 is 2.00 bits per heavy atom. The molecular weight excluding hydrogens is 296 g/mol. The number of phenols is 1. The van der Waals surface area contributed by atoms with E-state index in [1.807, 2.05) is 0 Å². The largest absolute Gasteiger partial charge is 0.507 e. The van der Waals surface area contributed by atoms with Crippen LogP contribution in [0.2, 0.25) is 5.02 Å². The average molecular weight is 307 g/mol. The van der Waals surface area contributed by atoms with Crippen molar-refractivity contribution >= 4 is 17.6 Å². The normalized spacial score (nSPS) is 12.2. The second kappa shape index (κ2) is 5.54. The highest BCUT2D eigenvalue weighted by Gasteiger charge is 2.16. The van der Waals surface area contributed by atoms with Crippen LogP contribution in [0.1, 0.15) is 15.9 Å². The smallest absolute Gasteiger partial charge is 0.342 e. The number of carbonyl (C=O) groups excluding carboxylic acids is 1. The highest BCUT2D eigenvalue weighted by atomic mass is 35.5. The van der Waals surface area contributed by atoms with Crippen LogP contribution in [0.25, 0.3) is 0 Å². The molecule has 1 N–H and O–H groups in total. The topological polar surface area (TPSA) is 65.0 Å². The molecule has 0 spiro atoms. The number of fused-ring (bicyclic) bond motifs is 1. The fourth-order valence-corrected chi connectivity index (χ4v) is 2.10. The van der Waals surface area contributed by atoms with Crippen molar-refractivity contribution in [3.05, 3.63) is 52.5 Å².